The van der Waals surface area contributed by atoms with Crippen LogP contribution in [0.25, 0.3) is 0 Å². The number of methoxy groups -OCH3 is 1. The summed E-state index contributed by atoms with van der Waals surface area (Å²) in [5, 5.41) is 22.5. The Bertz CT molecular complexity index is 473. The van der Waals surface area contributed by atoms with E-state index in [0.29, 0.717) is 6.42 Å². The molecule has 0 aromatic heterocycles. The van der Waals surface area contributed by atoms with E-state index in [1.807, 2.05) is 0 Å². The van der Waals surface area contributed by atoms with Crippen molar-refractivity contribution in [2.45, 2.75) is 19.4 Å². The lowest BCUT2D eigenvalue weighted by molar-refractivity contribution is -0.385. The molecular weight excluding hydrogens is 252 g/mol. The van der Waals surface area contributed by atoms with E-state index in [2.05, 4.69) is 5.32 Å². The van der Waals surface area contributed by atoms with Crippen molar-refractivity contribution in [3.8, 4) is 5.75 Å². The van der Waals surface area contributed by atoms with Crippen molar-refractivity contribution in [1.29, 1.82) is 0 Å². The number of carbonyl (C=O) groups is 1. The normalized spacial score (nSPS) is 11.7. The van der Waals surface area contributed by atoms with Crippen LogP contribution in [0.1, 0.15) is 23.7 Å². The Morgan fingerprint density at radius 2 is 2.26 bits per heavy atom. The zero-order valence-corrected chi connectivity index (χ0v) is 10.8. The van der Waals surface area contributed by atoms with Gasteiger partial charge in [-0.15, -0.1) is 0 Å². The molecule has 1 unspecified atom stereocenters. The Labute approximate surface area is 110 Å². The smallest absolute Gasteiger partial charge is 0.311 e. The minimum atomic E-state index is -0.606. The monoisotopic (exact) mass is 268 g/mol. The molecule has 0 spiro atoms. The number of nitrogens with one attached hydrogen (secondary N) is 1. The highest BCUT2D eigenvalue weighted by Crippen LogP contribution is 2.30. The highest BCUT2D eigenvalue weighted by Gasteiger charge is 2.22. The summed E-state index contributed by atoms with van der Waals surface area (Å²) in [6.07, 6.45) is -0.115. The number of aliphatic hydroxyl groups excluding tert-OH is 1. The minimum Gasteiger partial charge on any atom is -0.490 e. The van der Waals surface area contributed by atoms with Gasteiger partial charge < -0.3 is 15.2 Å². The maximum atomic E-state index is 11.9. The van der Waals surface area contributed by atoms with Crippen LogP contribution in [0.15, 0.2) is 18.2 Å². The fourth-order valence-corrected chi connectivity index (χ4v) is 1.55. The van der Waals surface area contributed by atoms with Gasteiger partial charge in [0.1, 0.15) is 0 Å². The summed E-state index contributed by atoms with van der Waals surface area (Å²) >= 11 is 0. The molecule has 19 heavy (non-hydrogen) atoms. The van der Waals surface area contributed by atoms with E-state index in [1.165, 1.54) is 25.3 Å². The maximum absolute atomic E-state index is 11.9. The van der Waals surface area contributed by atoms with Gasteiger partial charge in [0, 0.05) is 12.6 Å². The summed E-state index contributed by atoms with van der Waals surface area (Å²) in [6.45, 7) is 1.89. The van der Waals surface area contributed by atoms with Crippen molar-refractivity contribution in [1.82, 2.24) is 5.32 Å². The number of aliphatic hydroxyl groups is 1. The van der Waals surface area contributed by atoms with Crippen LogP contribution in [0.2, 0.25) is 0 Å². The van der Waals surface area contributed by atoms with Gasteiger partial charge in [0.2, 0.25) is 5.75 Å². The molecule has 2 N–H and O–H groups in total. The molecule has 7 nitrogen and oxygen atoms in total. The number of nitrogens with zero attached hydrogens (tertiary/aromatic N) is 1. The average molecular weight is 268 g/mol. The average Bonchev–Trinajstić information content (AvgIpc) is 2.36. The molecule has 0 aliphatic carbocycles. The number of nitro groups is 1. The molecule has 0 saturated heterocycles. The van der Waals surface area contributed by atoms with Crippen LogP contribution < -0.4 is 10.1 Å². The van der Waals surface area contributed by atoms with Gasteiger partial charge in [-0.1, -0.05) is 6.07 Å². The molecule has 0 aliphatic rings. The summed E-state index contributed by atoms with van der Waals surface area (Å²) in [5.41, 5.74) is -0.159. The lowest BCUT2D eigenvalue weighted by atomic mass is 10.1. The van der Waals surface area contributed by atoms with Gasteiger partial charge in [-0.05, 0) is 19.4 Å². The largest absolute Gasteiger partial charge is 0.490 e. The molecule has 1 aromatic rings. The second-order valence-corrected chi connectivity index (χ2v) is 4.01. The summed E-state index contributed by atoms with van der Waals surface area (Å²) < 4.78 is 4.93. The number of para-hydroxylation sites is 1. The van der Waals surface area contributed by atoms with E-state index in [9.17, 15) is 14.9 Å². The summed E-state index contributed by atoms with van der Waals surface area (Å²) in [7, 11) is 1.27. The van der Waals surface area contributed by atoms with Crippen molar-refractivity contribution < 1.29 is 19.6 Å². The number of ether oxygens (including phenoxy) is 1. The molecule has 0 saturated carbocycles. The third kappa shape index (κ3) is 3.92. The molecule has 0 heterocycles. The van der Waals surface area contributed by atoms with Gasteiger partial charge in [-0.2, -0.15) is 0 Å². The number of hydrogen-bond acceptors (Lipinski definition) is 5. The Kier molecular flexibility index (Phi) is 5.25. The number of benzene rings is 1. The molecule has 0 radical (unpaired) electrons. The molecule has 104 valence electrons. The highest BCUT2D eigenvalue weighted by atomic mass is 16.6. The zero-order valence-electron chi connectivity index (χ0n) is 10.8. The number of carbonyl (C=O) groups excluding carboxylic acids is 1. The SMILES string of the molecule is COc1c(C(=O)NCCC(C)O)cccc1[N+](=O)[O-]. The van der Waals surface area contributed by atoms with E-state index in [-0.39, 0.29) is 23.5 Å². The van der Waals surface area contributed by atoms with Gasteiger partial charge >= 0.3 is 5.69 Å². The molecular formula is C12H16N2O5. The third-order valence-electron chi connectivity index (χ3n) is 2.49. The quantitative estimate of drug-likeness (QED) is 0.594. The predicted octanol–water partition coefficient (Wildman–Crippen LogP) is 1.10. The van der Waals surface area contributed by atoms with E-state index in [1.54, 1.807) is 6.92 Å². The number of nitro benzene ring substituents is 1. The topological polar surface area (TPSA) is 102 Å². The lowest BCUT2D eigenvalue weighted by Crippen LogP contribution is -2.27. The summed E-state index contributed by atoms with van der Waals surface area (Å²) in [6, 6.07) is 4.14. The fraction of sp³-hybridized carbons (Fsp3) is 0.417. The Balaban J connectivity index is 2.90. The predicted molar refractivity (Wildman–Crippen MR) is 68.3 cm³/mol. The second-order valence-electron chi connectivity index (χ2n) is 4.01. The van der Waals surface area contributed by atoms with Crippen LogP contribution in [-0.4, -0.2) is 35.7 Å². The van der Waals surface area contributed by atoms with Crippen molar-refractivity contribution in [2.75, 3.05) is 13.7 Å². The standard InChI is InChI=1S/C12H16N2O5/c1-8(15)6-7-13-12(16)9-4-3-5-10(14(17)18)11(9)19-2/h3-5,8,15H,6-7H2,1-2H3,(H,13,16). The number of amides is 1. The van der Waals surface area contributed by atoms with Crippen molar-refractivity contribution in [2.24, 2.45) is 0 Å². The third-order valence-corrected chi connectivity index (χ3v) is 2.49. The van der Waals surface area contributed by atoms with Gasteiger partial charge in [-0.3, -0.25) is 14.9 Å². The summed E-state index contributed by atoms with van der Waals surface area (Å²) in [5.74, 6) is -0.539. The number of hydrogen-bond donors (Lipinski definition) is 2. The lowest BCUT2D eigenvalue weighted by Gasteiger charge is -2.10. The fourth-order valence-electron chi connectivity index (χ4n) is 1.55. The van der Waals surface area contributed by atoms with Crippen LogP contribution in [0.5, 0.6) is 5.75 Å². The van der Waals surface area contributed by atoms with Crippen molar-refractivity contribution in [3.63, 3.8) is 0 Å². The van der Waals surface area contributed by atoms with Crippen LogP contribution >= 0.6 is 0 Å². The molecule has 0 aliphatic heterocycles. The van der Waals surface area contributed by atoms with Crippen molar-refractivity contribution >= 4 is 11.6 Å². The number of rotatable bonds is 6. The van der Waals surface area contributed by atoms with Crippen LogP contribution in [0, 0.1) is 10.1 Å². The van der Waals surface area contributed by atoms with Crippen LogP contribution in [-0.2, 0) is 0 Å². The molecule has 0 bridgehead atoms. The Hall–Kier alpha value is -2.15. The molecule has 1 atom stereocenters. The van der Waals surface area contributed by atoms with Gasteiger partial charge in [0.05, 0.1) is 23.7 Å². The Morgan fingerprint density at radius 1 is 1.58 bits per heavy atom. The van der Waals surface area contributed by atoms with Crippen LogP contribution in [0.4, 0.5) is 5.69 Å². The van der Waals surface area contributed by atoms with Crippen molar-refractivity contribution in [3.05, 3.63) is 33.9 Å². The van der Waals surface area contributed by atoms with E-state index >= 15 is 0 Å². The first kappa shape index (κ1) is 14.9. The first-order valence-electron chi connectivity index (χ1n) is 5.75. The van der Waals surface area contributed by atoms with E-state index in [0.717, 1.165) is 0 Å². The second kappa shape index (κ2) is 6.69. The first-order valence-corrected chi connectivity index (χ1v) is 5.75. The molecule has 0 fully saturated rings. The highest BCUT2D eigenvalue weighted by molar-refractivity contribution is 5.98. The van der Waals surface area contributed by atoms with E-state index < -0.39 is 16.9 Å². The molecule has 1 aromatic carbocycles. The van der Waals surface area contributed by atoms with Crippen LogP contribution in [0.3, 0.4) is 0 Å². The Morgan fingerprint density at radius 3 is 2.79 bits per heavy atom. The zero-order chi connectivity index (χ0) is 14.4. The minimum absolute atomic E-state index is 0.0675. The summed E-state index contributed by atoms with van der Waals surface area (Å²) in [4.78, 5) is 22.1. The van der Waals surface area contributed by atoms with Gasteiger partial charge in [-0.25, -0.2) is 0 Å². The first-order chi connectivity index (χ1) is 8.97. The van der Waals surface area contributed by atoms with Gasteiger partial charge in [0.25, 0.3) is 5.91 Å². The van der Waals surface area contributed by atoms with E-state index in [4.69, 9.17) is 9.84 Å². The maximum Gasteiger partial charge on any atom is 0.311 e. The van der Waals surface area contributed by atoms with Gasteiger partial charge in [0.15, 0.2) is 0 Å². The molecule has 7 heteroatoms. The molecule has 1 rings (SSSR count). The molecule has 1 amide bonds.